The van der Waals surface area contributed by atoms with Crippen LogP contribution in [-0.4, -0.2) is 29.8 Å². The van der Waals surface area contributed by atoms with Gasteiger partial charge in [-0.2, -0.15) is 0 Å². The Labute approximate surface area is 143 Å². The number of carbonyl (C=O) groups is 2. The fraction of sp³-hybridized carbons (Fsp3) is 0.667. The summed E-state index contributed by atoms with van der Waals surface area (Å²) in [6.07, 6.45) is 4.77. The summed E-state index contributed by atoms with van der Waals surface area (Å²) >= 11 is 1.66. The molecule has 4 nitrogen and oxygen atoms in total. The number of carbonyl (C=O) groups excluding carboxylic acids is 2. The lowest BCUT2D eigenvalue weighted by Crippen LogP contribution is -2.44. The van der Waals surface area contributed by atoms with Crippen molar-refractivity contribution >= 4 is 23.2 Å². The first-order valence-electron chi connectivity index (χ1n) is 8.48. The molecule has 0 radical (unpaired) electrons. The largest absolute Gasteiger partial charge is 0.346 e. The van der Waals surface area contributed by atoms with Crippen molar-refractivity contribution in [2.24, 2.45) is 5.41 Å². The zero-order valence-corrected chi connectivity index (χ0v) is 15.2. The standard InChI is InChI=1S/C18H28N2O2S/c1-18(2,3)17(14-9-8-12-23-14)19-15(21)13-20-11-7-5-4-6-10-16(20)22/h8-9,12,17H,4-7,10-11,13H2,1-3H3,(H,19,21). The van der Waals surface area contributed by atoms with Gasteiger partial charge >= 0.3 is 0 Å². The van der Waals surface area contributed by atoms with Crippen LogP contribution in [0.25, 0.3) is 0 Å². The zero-order chi connectivity index (χ0) is 16.9. The van der Waals surface area contributed by atoms with E-state index in [2.05, 4.69) is 32.2 Å². The average Bonchev–Trinajstić information content (AvgIpc) is 2.97. The molecule has 0 aliphatic carbocycles. The van der Waals surface area contributed by atoms with Crippen LogP contribution in [0, 0.1) is 5.41 Å². The summed E-state index contributed by atoms with van der Waals surface area (Å²) in [5, 5.41) is 5.17. The Morgan fingerprint density at radius 1 is 1.30 bits per heavy atom. The third-order valence-electron chi connectivity index (χ3n) is 4.25. The number of hydrogen-bond acceptors (Lipinski definition) is 3. The summed E-state index contributed by atoms with van der Waals surface area (Å²) in [5.41, 5.74) is -0.0687. The van der Waals surface area contributed by atoms with Crippen molar-refractivity contribution in [2.45, 2.75) is 58.9 Å². The molecule has 0 saturated carbocycles. The van der Waals surface area contributed by atoms with E-state index in [1.54, 1.807) is 16.2 Å². The third-order valence-corrected chi connectivity index (χ3v) is 5.19. The first-order valence-corrected chi connectivity index (χ1v) is 9.36. The van der Waals surface area contributed by atoms with E-state index in [1.165, 1.54) is 0 Å². The van der Waals surface area contributed by atoms with Crippen molar-refractivity contribution in [3.05, 3.63) is 22.4 Å². The molecule has 23 heavy (non-hydrogen) atoms. The molecule has 5 heteroatoms. The van der Waals surface area contributed by atoms with Gasteiger partial charge in [0, 0.05) is 17.8 Å². The minimum atomic E-state index is -0.0687. The van der Waals surface area contributed by atoms with Crippen LogP contribution in [-0.2, 0) is 9.59 Å². The highest BCUT2D eigenvalue weighted by Gasteiger charge is 2.29. The second kappa shape index (κ2) is 7.95. The highest BCUT2D eigenvalue weighted by Crippen LogP contribution is 2.35. The number of amides is 2. The SMILES string of the molecule is CC(C)(C)C(NC(=O)CN1CCCCCCC1=O)c1cccs1. The van der Waals surface area contributed by atoms with Gasteiger partial charge < -0.3 is 10.2 Å². The number of likely N-dealkylation sites (tertiary alicyclic amines) is 1. The number of nitrogens with zero attached hydrogens (tertiary/aromatic N) is 1. The van der Waals surface area contributed by atoms with E-state index in [0.717, 1.165) is 30.6 Å². The number of hydrogen-bond donors (Lipinski definition) is 1. The Bertz CT molecular complexity index is 520. The second-order valence-corrected chi connectivity index (χ2v) is 8.34. The highest BCUT2D eigenvalue weighted by atomic mass is 32.1. The zero-order valence-electron chi connectivity index (χ0n) is 14.4. The minimum Gasteiger partial charge on any atom is -0.346 e. The molecule has 0 aromatic carbocycles. The molecule has 1 aromatic heterocycles. The normalized spacial score (nSPS) is 18.2. The van der Waals surface area contributed by atoms with E-state index in [9.17, 15) is 9.59 Å². The molecule has 1 aliphatic heterocycles. The van der Waals surface area contributed by atoms with E-state index < -0.39 is 0 Å². The molecule has 2 heterocycles. The number of thiophene rings is 1. The Morgan fingerprint density at radius 3 is 2.70 bits per heavy atom. The third kappa shape index (κ3) is 5.34. The number of rotatable bonds is 4. The van der Waals surface area contributed by atoms with Crippen molar-refractivity contribution in [3.63, 3.8) is 0 Å². The highest BCUT2D eigenvalue weighted by molar-refractivity contribution is 7.10. The smallest absolute Gasteiger partial charge is 0.240 e. The van der Waals surface area contributed by atoms with Crippen LogP contribution in [0.5, 0.6) is 0 Å². The van der Waals surface area contributed by atoms with Gasteiger partial charge in [-0.3, -0.25) is 9.59 Å². The number of nitrogens with one attached hydrogen (secondary N) is 1. The molecular weight excluding hydrogens is 308 g/mol. The molecule has 0 bridgehead atoms. The first-order chi connectivity index (χ1) is 10.9. The Hall–Kier alpha value is -1.36. The lowest BCUT2D eigenvalue weighted by molar-refractivity contribution is -0.137. The maximum absolute atomic E-state index is 12.5. The topological polar surface area (TPSA) is 49.4 Å². The molecule has 1 fully saturated rings. The monoisotopic (exact) mass is 336 g/mol. The van der Waals surface area contributed by atoms with Crippen molar-refractivity contribution in [1.29, 1.82) is 0 Å². The van der Waals surface area contributed by atoms with Crippen LogP contribution in [0.4, 0.5) is 0 Å². The summed E-state index contributed by atoms with van der Waals surface area (Å²) in [6, 6.07) is 4.04. The second-order valence-electron chi connectivity index (χ2n) is 7.36. The molecule has 1 saturated heterocycles. The van der Waals surface area contributed by atoms with Crippen LogP contribution in [0.15, 0.2) is 17.5 Å². The molecular formula is C18H28N2O2S. The maximum Gasteiger partial charge on any atom is 0.240 e. The van der Waals surface area contributed by atoms with Gasteiger partial charge in [-0.05, 0) is 29.7 Å². The fourth-order valence-corrected chi connectivity index (χ4v) is 3.95. The predicted molar refractivity (Wildman–Crippen MR) is 94.3 cm³/mol. The van der Waals surface area contributed by atoms with Gasteiger partial charge in [-0.25, -0.2) is 0 Å². The van der Waals surface area contributed by atoms with E-state index in [-0.39, 0.29) is 29.8 Å². The average molecular weight is 337 g/mol. The van der Waals surface area contributed by atoms with Gasteiger partial charge in [0.15, 0.2) is 0 Å². The van der Waals surface area contributed by atoms with Crippen LogP contribution >= 0.6 is 11.3 Å². The Morgan fingerprint density at radius 2 is 2.04 bits per heavy atom. The Balaban J connectivity index is 1.99. The van der Waals surface area contributed by atoms with Gasteiger partial charge in [0.2, 0.25) is 11.8 Å². The van der Waals surface area contributed by atoms with Crippen LogP contribution in [0.3, 0.4) is 0 Å². The summed E-state index contributed by atoms with van der Waals surface area (Å²) in [5.74, 6) is 0.0514. The molecule has 128 valence electrons. The van der Waals surface area contributed by atoms with Crippen molar-refractivity contribution in [3.8, 4) is 0 Å². The van der Waals surface area contributed by atoms with Crippen LogP contribution in [0.1, 0.15) is 63.8 Å². The predicted octanol–water partition coefficient (Wildman–Crippen LogP) is 3.74. The molecule has 1 N–H and O–H groups in total. The fourth-order valence-electron chi connectivity index (χ4n) is 2.93. The first kappa shape index (κ1) is 18.0. The van der Waals surface area contributed by atoms with E-state index in [4.69, 9.17) is 0 Å². The van der Waals surface area contributed by atoms with Gasteiger partial charge in [0.1, 0.15) is 0 Å². The molecule has 2 rings (SSSR count). The van der Waals surface area contributed by atoms with Gasteiger partial charge in [-0.1, -0.05) is 39.7 Å². The molecule has 1 aromatic rings. The summed E-state index contributed by atoms with van der Waals surface area (Å²) in [7, 11) is 0. The van der Waals surface area contributed by atoms with Crippen molar-refractivity contribution in [1.82, 2.24) is 10.2 Å². The van der Waals surface area contributed by atoms with Gasteiger partial charge in [0.25, 0.3) is 0 Å². The van der Waals surface area contributed by atoms with Crippen molar-refractivity contribution < 1.29 is 9.59 Å². The van der Waals surface area contributed by atoms with Crippen LogP contribution in [0.2, 0.25) is 0 Å². The molecule has 1 atom stereocenters. The molecule has 2 amide bonds. The molecule has 1 unspecified atom stereocenters. The minimum absolute atomic E-state index is 0.0279. The van der Waals surface area contributed by atoms with E-state index >= 15 is 0 Å². The quantitative estimate of drug-likeness (QED) is 0.910. The van der Waals surface area contributed by atoms with E-state index in [1.807, 2.05) is 11.4 Å². The van der Waals surface area contributed by atoms with Crippen LogP contribution < -0.4 is 5.32 Å². The maximum atomic E-state index is 12.5. The Kier molecular flexibility index (Phi) is 6.22. The summed E-state index contributed by atoms with van der Waals surface area (Å²) in [4.78, 5) is 27.6. The lowest BCUT2D eigenvalue weighted by atomic mass is 9.85. The van der Waals surface area contributed by atoms with E-state index in [0.29, 0.717) is 13.0 Å². The summed E-state index contributed by atoms with van der Waals surface area (Å²) in [6.45, 7) is 7.25. The lowest BCUT2D eigenvalue weighted by Gasteiger charge is -2.32. The molecule has 1 aliphatic rings. The van der Waals surface area contributed by atoms with Gasteiger partial charge in [0.05, 0.1) is 12.6 Å². The van der Waals surface area contributed by atoms with Gasteiger partial charge in [-0.15, -0.1) is 11.3 Å². The van der Waals surface area contributed by atoms with Crippen molar-refractivity contribution in [2.75, 3.05) is 13.1 Å². The summed E-state index contributed by atoms with van der Waals surface area (Å²) < 4.78 is 0. The molecule has 0 spiro atoms.